The number of hydrogen-bond acceptors (Lipinski definition) is 1. The van der Waals surface area contributed by atoms with Crippen molar-refractivity contribution >= 4 is 0 Å². The molecule has 0 radical (unpaired) electrons. The zero-order valence-electron chi connectivity index (χ0n) is 9.72. The van der Waals surface area contributed by atoms with Crippen LogP contribution in [0.25, 0.3) is 0 Å². The van der Waals surface area contributed by atoms with Crippen LogP contribution in [0.2, 0.25) is 0 Å². The summed E-state index contributed by atoms with van der Waals surface area (Å²) in [7, 11) is 0. The zero-order chi connectivity index (χ0) is 12.5. The molecular formula is C13H16F3N. The Labute approximate surface area is 99.0 Å². The molecule has 94 valence electrons. The normalized spacial score (nSPS) is 24.5. The molecule has 0 saturated heterocycles. The van der Waals surface area contributed by atoms with E-state index in [2.05, 4.69) is 5.32 Å². The molecule has 1 aliphatic rings. The summed E-state index contributed by atoms with van der Waals surface area (Å²) in [6.45, 7) is 2.88. The molecule has 1 aliphatic carbocycles. The monoisotopic (exact) mass is 243 g/mol. The Morgan fingerprint density at radius 3 is 2.47 bits per heavy atom. The molecule has 0 amide bonds. The van der Waals surface area contributed by atoms with E-state index in [0.717, 1.165) is 19.4 Å². The smallest absolute Gasteiger partial charge is 0.314 e. The molecule has 0 aromatic heterocycles. The average molecular weight is 243 g/mol. The minimum atomic E-state index is -4.24. The first kappa shape index (κ1) is 12.4. The summed E-state index contributed by atoms with van der Waals surface area (Å²) in [6, 6.07) is 6.30. The van der Waals surface area contributed by atoms with Gasteiger partial charge >= 0.3 is 6.18 Å². The van der Waals surface area contributed by atoms with E-state index in [4.69, 9.17) is 0 Å². The van der Waals surface area contributed by atoms with Crippen molar-refractivity contribution < 1.29 is 13.2 Å². The van der Waals surface area contributed by atoms with E-state index in [1.165, 1.54) is 12.1 Å². The molecule has 4 heteroatoms. The van der Waals surface area contributed by atoms with E-state index < -0.39 is 11.7 Å². The molecule has 1 fully saturated rings. The Hall–Kier alpha value is -1.03. The van der Waals surface area contributed by atoms with E-state index in [0.29, 0.717) is 11.6 Å². The topological polar surface area (TPSA) is 12.0 Å². The average Bonchev–Trinajstić information content (AvgIpc) is 2.21. The van der Waals surface area contributed by atoms with Crippen molar-refractivity contribution in [3.63, 3.8) is 0 Å². The van der Waals surface area contributed by atoms with Crippen molar-refractivity contribution in [1.82, 2.24) is 5.32 Å². The van der Waals surface area contributed by atoms with Crippen LogP contribution in [0.5, 0.6) is 0 Å². The lowest BCUT2D eigenvalue weighted by molar-refractivity contribution is -0.138. The Balaban J connectivity index is 2.12. The third-order valence-electron chi connectivity index (χ3n) is 3.34. The van der Waals surface area contributed by atoms with Gasteiger partial charge in [-0.05, 0) is 36.9 Å². The first-order valence-electron chi connectivity index (χ1n) is 5.92. The van der Waals surface area contributed by atoms with Crippen LogP contribution >= 0.6 is 0 Å². The molecule has 0 heterocycles. The van der Waals surface area contributed by atoms with Gasteiger partial charge in [0, 0.05) is 6.04 Å². The molecular weight excluding hydrogens is 227 g/mol. The second kappa shape index (κ2) is 4.69. The molecule has 1 saturated carbocycles. The van der Waals surface area contributed by atoms with Crippen LogP contribution in [-0.2, 0) is 6.18 Å². The molecule has 0 spiro atoms. The summed E-state index contributed by atoms with van der Waals surface area (Å²) in [5.74, 6) is 0.0527. The van der Waals surface area contributed by atoms with E-state index in [-0.39, 0.29) is 5.92 Å². The van der Waals surface area contributed by atoms with Gasteiger partial charge < -0.3 is 5.32 Å². The van der Waals surface area contributed by atoms with Crippen LogP contribution in [0.1, 0.15) is 36.8 Å². The van der Waals surface area contributed by atoms with Crippen LogP contribution in [0, 0.1) is 0 Å². The third-order valence-corrected chi connectivity index (χ3v) is 3.34. The van der Waals surface area contributed by atoms with E-state index in [1.54, 1.807) is 12.1 Å². The predicted molar refractivity (Wildman–Crippen MR) is 60.9 cm³/mol. The van der Waals surface area contributed by atoms with E-state index in [9.17, 15) is 13.2 Å². The fourth-order valence-electron chi connectivity index (χ4n) is 2.44. The number of halogens is 3. The van der Waals surface area contributed by atoms with Crippen molar-refractivity contribution in [3.8, 4) is 0 Å². The lowest BCUT2D eigenvalue weighted by Crippen LogP contribution is -2.40. The quantitative estimate of drug-likeness (QED) is 0.855. The van der Waals surface area contributed by atoms with Crippen molar-refractivity contribution in [1.29, 1.82) is 0 Å². The van der Waals surface area contributed by atoms with Gasteiger partial charge in [-0.15, -0.1) is 0 Å². The van der Waals surface area contributed by atoms with E-state index in [1.807, 2.05) is 6.92 Å². The Morgan fingerprint density at radius 2 is 1.88 bits per heavy atom. The van der Waals surface area contributed by atoms with Crippen LogP contribution in [0.15, 0.2) is 24.3 Å². The Kier molecular flexibility index (Phi) is 3.43. The summed E-state index contributed by atoms with van der Waals surface area (Å²) >= 11 is 0. The lowest BCUT2D eigenvalue weighted by Gasteiger charge is -2.37. The molecule has 1 N–H and O–H groups in total. The highest BCUT2D eigenvalue weighted by Gasteiger charge is 2.38. The van der Waals surface area contributed by atoms with Gasteiger partial charge in [0.1, 0.15) is 0 Å². The zero-order valence-corrected chi connectivity index (χ0v) is 9.72. The highest BCUT2D eigenvalue weighted by Crippen LogP contribution is 2.42. The van der Waals surface area contributed by atoms with Gasteiger partial charge in [-0.2, -0.15) is 13.2 Å². The SMILES string of the molecule is CCNC1CC(c2ccccc2C(F)(F)F)C1. The Morgan fingerprint density at radius 1 is 1.24 bits per heavy atom. The number of rotatable bonds is 3. The third kappa shape index (κ3) is 2.63. The Bertz CT molecular complexity index is 380. The van der Waals surface area contributed by atoms with Crippen LogP contribution < -0.4 is 5.32 Å². The summed E-state index contributed by atoms with van der Waals surface area (Å²) in [5, 5.41) is 3.26. The van der Waals surface area contributed by atoms with Gasteiger partial charge in [0.2, 0.25) is 0 Å². The second-order valence-electron chi connectivity index (χ2n) is 4.51. The first-order chi connectivity index (χ1) is 8.02. The molecule has 0 bridgehead atoms. The fourth-order valence-corrected chi connectivity index (χ4v) is 2.44. The molecule has 1 aromatic rings. The summed E-state index contributed by atoms with van der Waals surface area (Å²) in [6.07, 6.45) is -2.62. The minimum Gasteiger partial charge on any atom is -0.314 e. The molecule has 1 aromatic carbocycles. The van der Waals surface area contributed by atoms with Gasteiger partial charge in [-0.25, -0.2) is 0 Å². The summed E-state index contributed by atoms with van der Waals surface area (Å²) in [4.78, 5) is 0. The van der Waals surface area contributed by atoms with E-state index >= 15 is 0 Å². The molecule has 0 aliphatic heterocycles. The fraction of sp³-hybridized carbons (Fsp3) is 0.538. The number of hydrogen-bond donors (Lipinski definition) is 1. The standard InChI is InChI=1S/C13H16F3N/c1-2-17-10-7-9(8-10)11-5-3-4-6-12(11)13(14,15)16/h3-6,9-10,17H,2,7-8H2,1H3. The predicted octanol–water partition coefficient (Wildman–Crippen LogP) is 3.56. The number of alkyl halides is 3. The van der Waals surface area contributed by atoms with Crippen molar-refractivity contribution in [2.24, 2.45) is 0 Å². The highest BCUT2D eigenvalue weighted by molar-refractivity contribution is 5.34. The van der Waals surface area contributed by atoms with Gasteiger partial charge in [-0.3, -0.25) is 0 Å². The summed E-state index contributed by atoms with van der Waals surface area (Å²) < 4.78 is 38.4. The second-order valence-corrected chi connectivity index (χ2v) is 4.51. The van der Waals surface area contributed by atoms with Crippen molar-refractivity contribution in [3.05, 3.63) is 35.4 Å². The van der Waals surface area contributed by atoms with Gasteiger partial charge in [0.25, 0.3) is 0 Å². The number of nitrogens with one attached hydrogen (secondary N) is 1. The number of benzene rings is 1. The maximum absolute atomic E-state index is 12.8. The molecule has 1 nitrogen and oxygen atoms in total. The molecule has 0 unspecified atom stereocenters. The van der Waals surface area contributed by atoms with Crippen LogP contribution in [0.3, 0.4) is 0 Å². The summed E-state index contributed by atoms with van der Waals surface area (Å²) in [5.41, 5.74) is -0.0194. The van der Waals surface area contributed by atoms with Crippen LogP contribution in [-0.4, -0.2) is 12.6 Å². The van der Waals surface area contributed by atoms with Crippen molar-refractivity contribution in [2.75, 3.05) is 6.54 Å². The maximum atomic E-state index is 12.8. The van der Waals surface area contributed by atoms with Crippen molar-refractivity contribution in [2.45, 2.75) is 37.9 Å². The van der Waals surface area contributed by atoms with Gasteiger partial charge in [0.05, 0.1) is 5.56 Å². The minimum absolute atomic E-state index is 0.0527. The van der Waals surface area contributed by atoms with Gasteiger partial charge in [0.15, 0.2) is 0 Å². The maximum Gasteiger partial charge on any atom is 0.416 e. The molecule has 0 atom stereocenters. The first-order valence-corrected chi connectivity index (χ1v) is 5.92. The molecule has 17 heavy (non-hydrogen) atoms. The largest absolute Gasteiger partial charge is 0.416 e. The lowest BCUT2D eigenvalue weighted by atomic mass is 9.74. The van der Waals surface area contributed by atoms with Gasteiger partial charge in [-0.1, -0.05) is 25.1 Å². The van der Waals surface area contributed by atoms with Crippen LogP contribution in [0.4, 0.5) is 13.2 Å². The molecule has 2 rings (SSSR count). The highest BCUT2D eigenvalue weighted by atomic mass is 19.4.